The Kier molecular flexibility index (Phi) is 2.68. The van der Waals surface area contributed by atoms with Crippen LogP contribution >= 0.6 is 0 Å². The van der Waals surface area contributed by atoms with Crippen molar-refractivity contribution in [3.05, 3.63) is 70.5 Å². The third kappa shape index (κ3) is 2.23. The Morgan fingerprint density at radius 2 is 1.18 bits per heavy atom. The standard InChI is InChI=1S/C16H15F/c17-16-10-8-14-6-5-12-1-3-13(4-2-12)7-9-15(16)11-14/h1-4,8,10-11H,5-7,9H2. The lowest BCUT2D eigenvalue weighted by atomic mass is 10.0. The van der Waals surface area contributed by atoms with Crippen LogP contribution in [0.2, 0.25) is 0 Å². The molecule has 0 spiro atoms. The highest BCUT2D eigenvalue weighted by molar-refractivity contribution is 5.30. The molecule has 0 saturated carbocycles. The van der Waals surface area contributed by atoms with Crippen LogP contribution in [0.3, 0.4) is 0 Å². The zero-order chi connectivity index (χ0) is 11.7. The summed E-state index contributed by atoms with van der Waals surface area (Å²) >= 11 is 0. The van der Waals surface area contributed by atoms with Crippen LogP contribution in [-0.2, 0) is 25.7 Å². The minimum Gasteiger partial charge on any atom is -0.207 e. The zero-order valence-corrected chi connectivity index (χ0v) is 9.75. The van der Waals surface area contributed by atoms with E-state index >= 15 is 0 Å². The monoisotopic (exact) mass is 226 g/mol. The van der Waals surface area contributed by atoms with Gasteiger partial charge in [-0.2, -0.15) is 0 Å². The first-order valence-electron chi connectivity index (χ1n) is 6.16. The van der Waals surface area contributed by atoms with Gasteiger partial charge in [0.15, 0.2) is 0 Å². The first-order chi connectivity index (χ1) is 8.31. The van der Waals surface area contributed by atoms with Crippen molar-refractivity contribution in [3.63, 3.8) is 0 Å². The molecule has 1 heteroatoms. The van der Waals surface area contributed by atoms with Crippen LogP contribution in [0.5, 0.6) is 0 Å². The normalized spacial score (nSPS) is 14.4. The number of hydrogen-bond donors (Lipinski definition) is 0. The summed E-state index contributed by atoms with van der Waals surface area (Å²) in [5.41, 5.74) is 4.75. The molecule has 17 heavy (non-hydrogen) atoms. The number of halogens is 1. The molecule has 0 fully saturated rings. The lowest BCUT2D eigenvalue weighted by molar-refractivity contribution is 0.607. The van der Waals surface area contributed by atoms with E-state index in [9.17, 15) is 4.39 Å². The molecule has 0 nitrogen and oxygen atoms in total. The smallest absolute Gasteiger partial charge is 0.126 e. The van der Waals surface area contributed by atoms with Gasteiger partial charge in [-0.05, 0) is 54.0 Å². The highest BCUT2D eigenvalue weighted by Gasteiger charge is 2.07. The Bertz CT molecular complexity index is 526. The largest absolute Gasteiger partial charge is 0.207 e. The van der Waals surface area contributed by atoms with Crippen molar-refractivity contribution in [2.75, 3.05) is 0 Å². The van der Waals surface area contributed by atoms with E-state index in [1.807, 2.05) is 12.1 Å². The van der Waals surface area contributed by atoms with Crippen molar-refractivity contribution in [2.45, 2.75) is 25.7 Å². The van der Waals surface area contributed by atoms with Crippen molar-refractivity contribution in [3.8, 4) is 0 Å². The van der Waals surface area contributed by atoms with Crippen LogP contribution in [0.15, 0.2) is 42.5 Å². The van der Waals surface area contributed by atoms with Crippen LogP contribution in [0.25, 0.3) is 0 Å². The van der Waals surface area contributed by atoms with Gasteiger partial charge >= 0.3 is 0 Å². The molecule has 0 atom stereocenters. The quantitative estimate of drug-likeness (QED) is 0.642. The van der Waals surface area contributed by atoms with Crippen LogP contribution in [-0.4, -0.2) is 0 Å². The van der Waals surface area contributed by atoms with Gasteiger partial charge in [0.2, 0.25) is 0 Å². The molecule has 0 amide bonds. The van der Waals surface area contributed by atoms with E-state index in [-0.39, 0.29) is 5.82 Å². The second-order valence-corrected chi connectivity index (χ2v) is 4.74. The summed E-state index contributed by atoms with van der Waals surface area (Å²) in [6.45, 7) is 0. The maximum atomic E-state index is 13.6. The van der Waals surface area contributed by atoms with Gasteiger partial charge in [-0.1, -0.05) is 36.4 Å². The molecular weight excluding hydrogens is 211 g/mol. The fraction of sp³-hybridized carbons (Fsp3) is 0.250. The maximum absolute atomic E-state index is 13.6. The summed E-state index contributed by atoms with van der Waals surface area (Å²) in [5.74, 6) is -0.0660. The fourth-order valence-corrected chi connectivity index (χ4v) is 2.42. The minimum atomic E-state index is -0.0660. The van der Waals surface area contributed by atoms with Gasteiger partial charge in [0, 0.05) is 0 Å². The Morgan fingerprint density at radius 3 is 1.88 bits per heavy atom. The average molecular weight is 226 g/mol. The summed E-state index contributed by atoms with van der Waals surface area (Å²) in [5, 5.41) is 0. The Hall–Kier alpha value is -1.63. The van der Waals surface area contributed by atoms with E-state index in [0.29, 0.717) is 0 Å². The highest BCUT2D eigenvalue weighted by atomic mass is 19.1. The number of hydrogen-bond acceptors (Lipinski definition) is 0. The summed E-state index contributed by atoms with van der Waals surface area (Å²) in [6, 6.07) is 14.3. The SMILES string of the molecule is Fc1ccc2cc1CCc1ccc(cc1)CC2. The molecule has 0 unspecified atom stereocenters. The third-order valence-corrected chi connectivity index (χ3v) is 3.52. The molecule has 0 heterocycles. The molecule has 4 bridgehead atoms. The lowest BCUT2D eigenvalue weighted by Crippen LogP contribution is -1.96. The summed E-state index contributed by atoms with van der Waals surface area (Å²) in [7, 11) is 0. The van der Waals surface area contributed by atoms with E-state index < -0.39 is 0 Å². The van der Waals surface area contributed by atoms with Crippen molar-refractivity contribution in [1.29, 1.82) is 0 Å². The van der Waals surface area contributed by atoms with E-state index in [0.717, 1.165) is 31.2 Å². The lowest BCUT2D eigenvalue weighted by Gasteiger charge is -2.05. The molecule has 0 aromatic heterocycles. The molecule has 2 aliphatic carbocycles. The van der Waals surface area contributed by atoms with Gasteiger partial charge in [-0.15, -0.1) is 0 Å². The number of fused-ring (bicyclic) bond motifs is 4. The third-order valence-electron chi connectivity index (χ3n) is 3.52. The predicted molar refractivity (Wildman–Crippen MR) is 67.7 cm³/mol. The van der Waals surface area contributed by atoms with Crippen LogP contribution < -0.4 is 0 Å². The van der Waals surface area contributed by atoms with Crippen molar-refractivity contribution >= 4 is 0 Å². The molecule has 2 aromatic rings. The first-order valence-corrected chi connectivity index (χ1v) is 6.16. The predicted octanol–water partition coefficient (Wildman–Crippen LogP) is 3.71. The van der Waals surface area contributed by atoms with Gasteiger partial charge in [-0.25, -0.2) is 4.39 Å². The molecule has 0 N–H and O–H groups in total. The Labute approximate surface area is 101 Å². The number of rotatable bonds is 0. The molecule has 2 aromatic carbocycles. The number of benzene rings is 2. The van der Waals surface area contributed by atoms with E-state index in [1.54, 1.807) is 6.07 Å². The first kappa shape index (κ1) is 10.5. The fourth-order valence-electron chi connectivity index (χ4n) is 2.42. The van der Waals surface area contributed by atoms with Gasteiger partial charge in [-0.3, -0.25) is 0 Å². The second-order valence-electron chi connectivity index (χ2n) is 4.74. The van der Waals surface area contributed by atoms with E-state index in [4.69, 9.17) is 0 Å². The topological polar surface area (TPSA) is 0 Å². The summed E-state index contributed by atoms with van der Waals surface area (Å²) in [4.78, 5) is 0. The Balaban J connectivity index is 2.01. The number of aryl methyl sites for hydroxylation is 4. The maximum Gasteiger partial charge on any atom is 0.126 e. The zero-order valence-electron chi connectivity index (χ0n) is 9.75. The molecular formula is C16H15F. The van der Waals surface area contributed by atoms with Crippen LogP contribution in [0.1, 0.15) is 22.3 Å². The summed E-state index contributed by atoms with van der Waals surface area (Å²) < 4.78 is 13.6. The van der Waals surface area contributed by atoms with Crippen molar-refractivity contribution in [2.24, 2.45) is 0 Å². The minimum absolute atomic E-state index is 0.0660. The van der Waals surface area contributed by atoms with E-state index in [2.05, 4.69) is 24.3 Å². The van der Waals surface area contributed by atoms with Crippen LogP contribution in [0.4, 0.5) is 4.39 Å². The van der Waals surface area contributed by atoms with Gasteiger partial charge < -0.3 is 0 Å². The molecule has 0 aliphatic heterocycles. The van der Waals surface area contributed by atoms with Gasteiger partial charge in [0.05, 0.1) is 0 Å². The molecule has 0 radical (unpaired) electrons. The molecule has 2 aliphatic rings. The van der Waals surface area contributed by atoms with E-state index in [1.165, 1.54) is 16.7 Å². The molecule has 0 saturated heterocycles. The van der Waals surface area contributed by atoms with Crippen molar-refractivity contribution in [1.82, 2.24) is 0 Å². The highest BCUT2D eigenvalue weighted by Crippen LogP contribution is 2.18. The van der Waals surface area contributed by atoms with Crippen LogP contribution in [0, 0.1) is 5.82 Å². The summed E-state index contributed by atoms with van der Waals surface area (Å²) in [6.07, 6.45) is 3.73. The van der Waals surface area contributed by atoms with Crippen molar-refractivity contribution < 1.29 is 4.39 Å². The van der Waals surface area contributed by atoms with Gasteiger partial charge in [0.25, 0.3) is 0 Å². The second kappa shape index (κ2) is 4.33. The Morgan fingerprint density at radius 1 is 0.647 bits per heavy atom. The average Bonchev–Trinajstić information content (AvgIpc) is 2.42. The van der Waals surface area contributed by atoms with Gasteiger partial charge in [0.1, 0.15) is 5.82 Å². The molecule has 4 rings (SSSR count). The molecule has 86 valence electrons.